The molecule has 0 bridgehead atoms. The van der Waals surface area contributed by atoms with Gasteiger partial charge in [0.2, 0.25) is 10.0 Å². The average molecular weight is 672 g/mol. The third-order valence-corrected chi connectivity index (χ3v) is 8.23. The van der Waals surface area contributed by atoms with Crippen molar-refractivity contribution in [3.8, 4) is 0 Å². The van der Waals surface area contributed by atoms with Crippen molar-refractivity contribution in [2.24, 2.45) is 5.92 Å². The third-order valence-electron chi connectivity index (χ3n) is 6.04. The Morgan fingerprint density at radius 1 is 1.18 bits per heavy atom. The van der Waals surface area contributed by atoms with E-state index in [1.165, 1.54) is 12.4 Å². The van der Waals surface area contributed by atoms with Gasteiger partial charge in [0.25, 0.3) is 5.91 Å². The van der Waals surface area contributed by atoms with Crippen molar-refractivity contribution in [2.75, 3.05) is 18.5 Å². The van der Waals surface area contributed by atoms with Crippen molar-refractivity contribution in [1.29, 1.82) is 0 Å². The number of nitrogens with one attached hydrogen (secondary N) is 3. The molecule has 3 aromatic rings. The van der Waals surface area contributed by atoms with Crippen molar-refractivity contribution in [3.63, 3.8) is 0 Å². The summed E-state index contributed by atoms with van der Waals surface area (Å²) in [6.07, 6.45) is 5.27. The number of halogens is 3. The lowest BCUT2D eigenvalue weighted by Crippen LogP contribution is -2.31. The minimum Gasteiger partial charge on any atom is -0.396 e. The van der Waals surface area contributed by atoms with Crippen LogP contribution in [0, 0.1) is 21.1 Å². The molecule has 4 N–H and O–H groups in total. The number of aliphatic hydroxyl groups is 1. The van der Waals surface area contributed by atoms with Gasteiger partial charge in [0.15, 0.2) is 11.6 Å². The lowest BCUT2D eigenvalue weighted by molar-refractivity contribution is 0.0270. The molecule has 1 amide bonds. The summed E-state index contributed by atoms with van der Waals surface area (Å²) in [5.74, 6) is -3.83. The van der Waals surface area contributed by atoms with Gasteiger partial charge in [0.1, 0.15) is 4.90 Å². The fraction of sp³-hybridized carbons (Fsp3) is 0.308. The van der Waals surface area contributed by atoms with E-state index in [2.05, 4.69) is 43.1 Å². The molecule has 1 atom stereocenters. The number of hydrogen-bond donors (Lipinski definition) is 4. The molecule has 0 spiro atoms. The van der Waals surface area contributed by atoms with Crippen LogP contribution >= 0.6 is 22.6 Å². The van der Waals surface area contributed by atoms with Crippen LogP contribution in [0.15, 0.2) is 59.8 Å². The standard InChI is InChI=1S/C26H27F2IN4O5S/c27-23-22(39(36,37)33-21(4-2-12-34)17-3-1-11-30-14-17)13-20(26(35)32-38-15-16-5-6-16)25(24(23)28)31-19-9-7-18(29)8-10-19/h1,3,7-11,13-14,16,21,31,33-34H,2,4-6,12,15H2,(H,32,35). The van der Waals surface area contributed by atoms with E-state index < -0.39 is 49.8 Å². The van der Waals surface area contributed by atoms with Gasteiger partial charge >= 0.3 is 0 Å². The molecule has 0 saturated heterocycles. The van der Waals surface area contributed by atoms with Crippen LogP contribution in [-0.4, -0.2) is 37.6 Å². The molecular formula is C26H27F2IN4O5S. The first-order valence-electron chi connectivity index (χ1n) is 12.2. The van der Waals surface area contributed by atoms with E-state index >= 15 is 8.78 Å². The van der Waals surface area contributed by atoms with E-state index in [-0.39, 0.29) is 26.1 Å². The molecule has 0 radical (unpaired) electrons. The van der Waals surface area contributed by atoms with Gasteiger partial charge in [-0.1, -0.05) is 6.07 Å². The van der Waals surface area contributed by atoms with Gasteiger partial charge in [-0.05, 0) is 96.2 Å². The summed E-state index contributed by atoms with van der Waals surface area (Å²) < 4.78 is 60.9. The highest BCUT2D eigenvalue weighted by atomic mass is 127. The number of benzene rings is 2. The van der Waals surface area contributed by atoms with Gasteiger partial charge in [0, 0.05) is 34.3 Å². The van der Waals surface area contributed by atoms with Crippen LogP contribution in [0.3, 0.4) is 0 Å². The highest BCUT2D eigenvalue weighted by molar-refractivity contribution is 14.1. The Bertz CT molecular complexity index is 1410. The van der Waals surface area contributed by atoms with Gasteiger partial charge in [0.05, 0.1) is 17.9 Å². The van der Waals surface area contributed by atoms with Crippen LogP contribution in [0.25, 0.3) is 0 Å². The number of aromatic nitrogens is 1. The smallest absolute Gasteiger partial charge is 0.277 e. The van der Waals surface area contributed by atoms with E-state index in [9.17, 15) is 18.3 Å². The van der Waals surface area contributed by atoms with Crippen molar-refractivity contribution < 1.29 is 31.9 Å². The van der Waals surface area contributed by atoms with Crippen molar-refractivity contribution >= 4 is 49.9 Å². The molecule has 1 saturated carbocycles. The molecule has 0 aliphatic heterocycles. The molecule has 208 valence electrons. The van der Waals surface area contributed by atoms with Gasteiger partial charge in [-0.2, -0.15) is 0 Å². The van der Waals surface area contributed by atoms with E-state index in [1.54, 1.807) is 36.4 Å². The maximum Gasteiger partial charge on any atom is 0.277 e. The molecule has 9 nitrogen and oxygen atoms in total. The summed E-state index contributed by atoms with van der Waals surface area (Å²) in [4.78, 5) is 21.2. The number of hydroxylamine groups is 1. The fourth-order valence-electron chi connectivity index (χ4n) is 3.76. The van der Waals surface area contributed by atoms with Gasteiger partial charge < -0.3 is 10.4 Å². The Morgan fingerprint density at radius 2 is 1.92 bits per heavy atom. The zero-order valence-electron chi connectivity index (χ0n) is 20.7. The zero-order chi connectivity index (χ0) is 28.0. The van der Waals surface area contributed by atoms with Gasteiger partial charge in [-0.15, -0.1) is 0 Å². The van der Waals surface area contributed by atoms with Crippen LogP contribution in [0.4, 0.5) is 20.2 Å². The Morgan fingerprint density at radius 3 is 2.56 bits per heavy atom. The van der Waals surface area contributed by atoms with Gasteiger partial charge in [-0.25, -0.2) is 27.4 Å². The van der Waals surface area contributed by atoms with E-state index in [0.717, 1.165) is 22.5 Å². The summed E-state index contributed by atoms with van der Waals surface area (Å²) in [5.41, 5.74) is 2.03. The number of aliphatic hydroxyl groups excluding tert-OH is 1. The number of amides is 1. The summed E-state index contributed by atoms with van der Waals surface area (Å²) in [7, 11) is -4.69. The minimum atomic E-state index is -4.69. The van der Waals surface area contributed by atoms with E-state index in [1.807, 2.05) is 0 Å². The Labute approximate surface area is 238 Å². The van der Waals surface area contributed by atoms with E-state index in [0.29, 0.717) is 17.2 Å². The van der Waals surface area contributed by atoms with Crippen LogP contribution in [0.5, 0.6) is 0 Å². The average Bonchev–Trinajstić information content (AvgIpc) is 3.75. The summed E-state index contributed by atoms with van der Waals surface area (Å²) in [6.45, 7) is 0.0468. The molecular weight excluding hydrogens is 645 g/mol. The Kier molecular flexibility index (Phi) is 9.82. The SMILES string of the molecule is O=C(NOCC1CC1)c1cc(S(=O)(=O)NC(CCCO)c2cccnc2)c(F)c(F)c1Nc1ccc(I)cc1. The second kappa shape index (κ2) is 13.1. The molecule has 1 aliphatic carbocycles. The number of hydrogen-bond acceptors (Lipinski definition) is 7. The number of sulfonamides is 1. The van der Waals surface area contributed by atoms with Crippen LogP contribution < -0.4 is 15.5 Å². The topological polar surface area (TPSA) is 130 Å². The first-order valence-corrected chi connectivity index (χ1v) is 14.8. The lowest BCUT2D eigenvalue weighted by atomic mass is 10.1. The zero-order valence-corrected chi connectivity index (χ0v) is 23.6. The van der Waals surface area contributed by atoms with Crippen molar-refractivity contribution in [3.05, 3.63) is 81.2 Å². The van der Waals surface area contributed by atoms with Gasteiger partial charge in [-0.3, -0.25) is 14.6 Å². The first kappa shape index (κ1) is 29.3. The molecule has 4 rings (SSSR count). The largest absolute Gasteiger partial charge is 0.396 e. The number of nitrogens with zero attached hydrogens (tertiary/aromatic N) is 1. The summed E-state index contributed by atoms with van der Waals surface area (Å²) >= 11 is 2.08. The number of carbonyl (C=O) groups excluding carboxylic acids is 1. The predicted octanol–water partition coefficient (Wildman–Crippen LogP) is 4.57. The predicted molar refractivity (Wildman–Crippen MR) is 149 cm³/mol. The Hall–Kier alpha value is -2.72. The maximum atomic E-state index is 15.5. The fourth-order valence-corrected chi connectivity index (χ4v) is 5.48. The van der Waals surface area contributed by atoms with Crippen LogP contribution in [0.2, 0.25) is 0 Å². The highest BCUT2D eigenvalue weighted by Crippen LogP contribution is 2.33. The molecule has 13 heteroatoms. The second-order valence-corrected chi connectivity index (χ2v) is 12.0. The highest BCUT2D eigenvalue weighted by Gasteiger charge is 2.31. The van der Waals surface area contributed by atoms with Crippen molar-refractivity contribution in [1.82, 2.24) is 15.2 Å². The monoisotopic (exact) mass is 672 g/mol. The molecule has 1 unspecified atom stereocenters. The normalized spacial score (nSPS) is 14.2. The quantitative estimate of drug-likeness (QED) is 0.155. The molecule has 2 aromatic carbocycles. The molecule has 1 aromatic heterocycles. The van der Waals surface area contributed by atoms with Crippen LogP contribution in [0.1, 0.15) is 47.6 Å². The first-order chi connectivity index (χ1) is 18.7. The number of carbonyl (C=O) groups is 1. The van der Waals surface area contributed by atoms with Crippen LogP contribution in [-0.2, 0) is 14.9 Å². The van der Waals surface area contributed by atoms with Crippen molar-refractivity contribution in [2.45, 2.75) is 36.6 Å². The molecule has 1 fully saturated rings. The number of rotatable bonds is 13. The summed E-state index contributed by atoms with van der Waals surface area (Å²) in [5, 5.41) is 12.0. The maximum absolute atomic E-state index is 15.5. The summed E-state index contributed by atoms with van der Waals surface area (Å²) in [6, 6.07) is 9.78. The second-order valence-electron chi connectivity index (χ2n) is 9.07. The van der Waals surface area contributed by atoms with E-state index in [4.69, 9.17) is 4.84 Å². The molecule has 1 aliphatic rings. The number of pyridine rings is 1. The Balaban J connectivity index is 1.71. The lowest BCUT2D eigenvalue weighted by Gasteiger charge is -2.20. The third kappa shape index (κ3) is 7.69. The molecule has 1 heterocycles. The minimum absolute atomic E-state index is 0.167. The molecule has 39 heavy (non-hydrogen) atoms. The number of anilines is 2.